The maximum atomic E-state index is 2.78. The number of hydrogen-bond acceptors (Lipinski definition) is 5. The Bertz CT molecular complexity index is 2790. The lowest BCUT2D eigenvalue weighted by Gasteiger charge is -2.59. The molecular formula is C48H37B5N4S2. The van der Waals surface area contributed by atoms with Crippen LogP contribution in [0.1, 0.15) is 0 Å². The Hall–Kier alpha value is -5.86. The van der Waals surface area contributed by atoms with Crippen LogP contribution in [0, 0.1) is 0 Å². The zero-order valence-electron chi connectivity index (χ0n) is 32.4. The van der Waals surface area contributed by atoms with Gasteiger partial charge in [0.2, 0.25) is 0 Å². The molecule has 0 amide bonds. The topological polar surface area (TPSA) is 14.7 Å². The Labute approximate surface area is 356 Å². The molecule has 59 heavy (non-hydrogen) atoms. The quantitative estimate of drug-likeness (QED) is 0.150. The SMILES string of the molecule is c1ccc(B2SB(c3ccccc3)N3B(S2)N(c2ccc(-n4c5ccccc5c5ccccc54)cc2)B(c2ccccc2)N(c2ccccc2)B3c2ccccc2)cc1. The molecule has 9 aromatic rings. The lowest BCUT2D eigenvalue weighted by Crippen LogP contribution is -2.87. The summed E-state index contributed by atoms with van der Waals surface area (Å²) >= 11 is 4.10. The summed E-state index contributed by atoms with van der Waals surface area (Å²) in [5, 5.41) is 2.73. The van der Waals surface area contributed by atoms with E-state index in [9.17, 15) is 0 Å². The molecule has 1 aromatic heterocycles. The average Bonchev–Trinajstić information content (AvgIpc) is 3.66. The van der Waals surface area contributed by atoms with Crippen LogP contribution in [0.2, 0.25) is 0 Å². The largest absolute Gasteiger partial charge is 0.422 e. The minimum absolute atomic E-state index is 0.0418. The van der Waals surface area contributed by atoms with Gasteiger partial charge in [-0.3, -0.25) is 0 Å². The number of aromatic nitrogens is 1. The molecule has 0 unspecified atom stereocenters. The monoisotopic (exact) mass is 788 g/mol. The smallest absolute Gasteiger partial charge is 0.388 e. The second kappa shape index (κ2) is 15.7. The number of nitrogens with zero attached hydrogens (tertiary/aromatic N) is 4. The molecule has 2 saturated heterocycles. The summed E-state index contributed by atoms with van der Waals surface area (Å²) in [7, 11) is 0. The standard InChI is InChI=1S/C48H37B5N4S2/c1-6-20-38(21-7-1)49-55(43-28-14-5-15-29-43)50(39-22-8-2-9-23-39)57-51(40-24-10-3-11-25-40)58-52(41-26-12-4-13-27-41)59-53(57)56(49)44-36-34-42(35-37-44)54-47-32-18-16-30-45(47)46-31-17-19-33-48(46)54/h1-37H. The van der Waals surface area contributed by atoms with Crippen LogP contribution >= 0.6 is 22.9 Å². The number of para-hydroxylation sites is 3. The Morgan fingerprint density at radius 2 is 0.746 bits per heavy atom. The van der Waals surface area contributed by atoms with Crippen LogP contribution < -0.4 is 31.3 Å². The second-order valence-electron chi connectivity index (χ2n) is 15.2. The molecule has 0 bridgehead atoms. The molecule has 11 heteroatoms. The van der Waals surface area contributed by atoms with Crippen LogP contribution in [0.15, 0.2) is 224 Å². The van der Waals surface area contributed by atoms with Crippen molar-refractivity contribution in [2.24, 2.45) is 0 Å². The third kappa shape index (κ3) is 6.49. The third-order valence-corrected chi connectivity index (χ3v) is 14.9. The Kier molecular flexibility index (Phi) is 9.66. The summed E-state index contributed by atoms with van der Waals surface area (Å²) in [6.45, 7) is -0.239. The van der Waals surface area contributed by atoms with Crippen molar-refractivity contribution in [3.63, 3.8) is 0 Å². The molecule has 0 atom stereocenters. The van der Waals surface area contributed by atoms with Crippen molar-refractivity contribution in [3.8, 4) is 5.69 Å². The second-order valence-corrected chi connectivity index (χ2v) is 17.8. The molecule has 0 N–H and O–H groups in total. The predicted molar refractivity (Wildman–Crippen MR) is 262 cm³/mol. The molecule has 276 valence electrons. The van der Waals surface area contributed by atoms with Gasteiger partial charge in [0.25, 0.3) is 11.4 Å². The molecule has 2 aliphatic heterocycles. The molecular weight excluding hydrogens is 751 g/mol. The highest BCUT2D eigenvalue weighted by Crippen LogP contribution is 2.43. The summed E-state index contributed by atoms with van der Waals surface area (Å²) in [4.78, 5) is 0. The number of anilines is 2. The molecule has 2 fully saturated rings. The number of fused-ring (bicyclic) bond motifs is 4. The minimum atomic E-state index is -0.146. The van der Waals surface area contributed by atoms with Gasteiger partial charge in [-0.15, -0.1) is 0 Å². The van der Waals surface area contributed by atoms with E-state index in [1.807, 2.05) is 11.5 Å². The summed E-state index contributed by atoms with van der Waals surface area (Å²) in [5.41, 5.74) is 11.1. The van der Waals surface area contributed by atoms with Crippen molar-refractivity contribution >= 4 is 110 Å². The van der Waals surface area contributed by atoms with Gasteiger partial charge >= 0.3 is 20.2 Å². The van der Waals surface area contributed by atoms with Crippen LogP contribution in [0.4, 0.5) is 11.4 Å². The van der Waals surface area contributed by atoms with E-state index in [-0.39, 0.29) is 31.6 Å². The van der Waals surface area contributed by atoms with Crippen LogP contribution in [-0.4, -0.2) is 40.8 Å². The van der Waals surface area contributed by atoms with E-state index in [2.05, 4.69) is 255 Å². The van der Waals surface area contributed by atoms with E-state index in [0.717, 1.165) is 5.69 Å². The van der Waals surface area contributed by atoms with Gasteiger partial charge in [0.05, 0.1) is 11.0 Å². The van der Waals surface area contributed by atoms with E-state index in [1.165, 1.54) is 55.0 Å². The van der Waals surface area contributed by atoms with Gasteiger partial charge in [0, 0.05) is 27.8 Å². The van der Waals surface area contributed by atoms with Gasteiger partial charge in [-0.05, 0) is 59.5 Å². The molecule has 0 spiro atoms. The van der Waals surface area contributed by atoms with Gasteiger partial charge < -0.3 is 18.6 Å². The zero-order valence-corrected chi connectivity index (χ0v) is 34.0. The van der Waals surface area contributed by atoms with Gasteiger partial charge in [0.15, 0.2) is 0 Å². The fourth-order valence-electron chi connectivity index (χ4n) is 9.17. The molecule has 0 aliphatic carbocycles. The van der Waals surface area contributed by atoms with Crippen molar-refractivity contribution in [3.05, 3.63) is 224 Å². The maximum absolute atomic E-state index is 2.78. The van der Waals surface area contributed by atoms with Gasteiger partial charge in [0.1, 0.15) is 0 Å². The normalized spacial score (nSPS) is 14.7. The first kappa shape index (κ1) is 36.2. The summed E-state index contributed by atoms with van der Waals surface area (Å²) < 4.78 is 10.6. The van der Waals surface area contributed by atoms with Crippen molar-refractivity contribution in [1.29, 1.82) is 0 Å². The van der Waals surface area contributed by atoms with Crippen molar-refractivity contribution in [2.75, 3.05) is 9.44 Å². The van der Waals surface area contributed by atoms with E-state index in [0.29, 0.717) is 0 Å². The van der Waals surface area contributed by atoms with E-state index < -0.39 is 0 Å². The fourth-order valence-corrected chi connectivity index (χ4v) is 12.6. The summed E-state index contributed by atoms with van der Waals surface area (Å²) in [5.74, 6) is 0. The molecule has 2 aliphatic rings. The van der Waals surface area contributed by atoms with E-state index >= 15 is 0 Å². The zero-order chi connectivity index (χ0) is 39.1. The number of hydrogen-bond donors (Lipinski definition) is 0. The predicted octanol–water partition coefficient (Wildman–Crippen LogP) is 8.46. The Morgan fingerprint density at radius 3 is 1.31 bits per heavy atom. The van der Waals surface area contributed by atoms with E-state index in [1.54, 1.807) is 0 Å². The fraction of sp³-hybridized carbons (Fsp3) is 0. The van der Waals surface area contributed by atoms with Crippen molar-refractivity contribution < 1.29 is 0 Å². The summed E-state index contributed by atoms with van der Waals surface area (Å²) in [6, 6.07) is 82.5. The summed E-state index contributed by atoms with van der Waals surface area (Å²) in [6.07, 6.45) is -0.0127. The van der Waals surface area contributed by atoms with Gasteiger partial charge in [-0.25, -0.2) is 11.5 Å². The molecule has 0 radical (unpaired) electrons. The average molecular weight is 788 g/mol. The highest BCUT2D eigenvalue weighted by Gasteiger charge is 2.61. The third-order valence-electron chi connectivity index (χ3n) is 11.7. The lowest BCUT2D eigenvalue weighted by atomic mass is 9.40. The maximum Gasteiger partial charge on any atom is 0.388 e. The first-order valence-corrected chi connectivity index (χ1v) is 22.2. The minimum Gasteiger partial charge on any atom is -0.422 e. The van der Waals surface area contributed by atoms with Crippen molar-refractivity contribution in [2.45, 2.75) is 0 Å². The highest BCUT2D eigenvalue weighted by atomic mass is 32.2. The Morgan fingerprint density at radius 1 is 0.322 bits per heavy atom. The molecule has 3 heterocycles. The van der Waals surface area contributed by atoms with Gasteiger partial charge in [-0.1, -0.05) is 187 Å². The van der Waals surface area contributed by atoms with Gasteiger partial charge in [-0.2, -0.15) is 11.5 Å². The number of benzene rings is 8. The molecule has 0 saturated carbocycles. The van der Waals surface area contributed by atoms with Crippen LogP contribution in [-0.2, 0) is 0 Å². The highest BCUT2D eigenvalue weighted by molar-refractivity contribution is 8.73. The van der Waals surface area contributed by atoms with Crippen LogP contribution in [0.3, 0.4) is 0 Å². The molecule has 4 nitrogen and oxygen atoms in total. The van der Waals surface area contributed by atoms with Crippen molar-refractivity contribution in [1.82, 2.24) is 9.20 Å². The first-order valence-electron chi connectivity index (χ1n) is 20.3. The van der Waals surface area contributed by atoms with Crippen LogP contribution in [0.25, 0.3) is 27.5 Å². The molecule has 11 rings (SSSR count). The lowest BCUT2D eigenvalue weighted by molar-refractivity contribution is 1.01. The number of rotatable bonds is 7. The molecule has 8 aromatic carbocycles. The first-order chi connectivity index (χ1) is 29.3. The van der Waals surface area contributed by atoms with Crippen LogP contribution in [0.5, 0.6) is 0 Å². The van der Waals surface area contributed by atoms with E-state index in [4.69, 9.17) is 0 Å². The Balaban J connectivity index is 1.16.